The third-order valence-electron chi connectivity index (χ3n) is 4.27. The number of halogens is 1. The molecule has 0 aliphatic heterocycles. The first-order valence-corrected chi connectivity index (χ1v) is 9.46. The van der Waals surface area contributed by atoms with Crippen molar-refractivity contribution in [2.45, 2.75) is 44.6 Å². The molecule has 1 aromatic heterocycles. The lowest BCUT2D eigenvalue weighted by molar-refractivity contribution is 0.459. The smallest absolute Gasteiger partial charge is 0.0704 e. The Hall–Kier alpha value is -0.640. The molecule has 1 aromatic carbocycles. The molecule has 0 bridgehead atoms. The van der Waals surface area contributed by atoms with E-state index in [1.807, 2.05) is 11.3 Å². The Kier molecular flexibility index (Phi) is 5.50. The number of rotatable bonds is 5. The van der Waals surface area contributed by atoms with Gasteiger partial charge in [0.2, 0.25) is 0 Å². The average molecular weight is 364 g/mol. The average Bonchev–Trinajstić information content (AvgIpc) is 2.76. The first-order valence-electron chi connectivity index (χ1n) is 7.85. The van der Waals surface area contributed by atoms with Crippen molar-refractivity contribution < 1.29 is 0 Å². The highest BCUT2D eigenvalue weighted by Gasteiger charge is 2.17. The van der Waals surface area contributed by atoms with E-state index in [9.17, 15) is 0 Å². The van der Waals surface area contributed by atoms with Crippen molar-refractivity contribution in [3.63, 3.8) is 0 Å². The van der Waals surface area contributed by atoms with E-state index in [1.165, 1.54) is 47.9 Å². The highest BCUT2D eigenvalue weighted by atomic mass is 79.9. The van der Waals surface area contributed by atoms with Gasteiger partial charge in [-0.25, -0.2) is 0 Å². The molecule has 21 heavy (non-hydrogen) atoms. The highest BCUT2D eigenvalue weighted by Crippen LogP contribution is 2.32. The Balaban J connectivity index is 1.40. The number of nitrogens with one attached hydrogen (secondary N) is 1. The molecule has 1 atom stereocenters. The zero-order valence-corrected chi connectivity index (χ0v) is 14.7. The minimum Gasteiger partial charge on any atom is -0.314 e. The van der Waals surface area contributed by atoms with Crippen molar-refractivity contribution >= 4 is 27.3 Å². The molecule has 1 aliphatic carbocycles. The largest absolute Gasteiger partial charge is 0.314 e. The quantitative estimate of drug-likeness (QED) is 0.583. The van der Waals surface area contributed by atoms with Crippen LogP contribution in [0.4, 0.5) is 0 Å². The number of aryl methyl sites for hydroxylation is 3. The van der Waals surface area contributed by atoms with Gasteiger partial charge in [0.05, 0.1) is 3.79 Å². The van der Waals surface area contributed by atoms with Crippen molar-refractivity contribution in [1.29, 1.82) is 0 Å². The van der Waals surface area contributed by atoms with Crippen LogP contribution >= 0.6 is 27.3 Å². The summed E-state index contributed by atoms with van der Waals surface area (Å²) in [5.41, 5.74) is 3.02. The zero-order chi connectivity index (χ0) is 14.5. The molecule has 0 saturated heterocycles. The summed E-state index contributed by atoms with van der Waals surface area (Å²) >= 11 is 5.53. The third kappa shape index (κ3) is 4.41. The van der Waals surface area contributed by atoms with E-state index >= 15 is 0 Å². The molecule has 1 heterocycles. The first kappa shape index (κ1) is 15.3. The molecule has 1 aliphatic rings. The van der Waals surface area contributed by atoms with Crippen LogP contribution in [0.1, 0.15) is 35.3 Å². The van der Waals surface area contributed by atoms with Crippen LogP contribution in [0.15, 0.2) is 40.2 Å². The zero-order valence-electron chi connectivity index (χ0n) is 12.3. The predicted octanol–water partition coefficient (Wildman–Crippen LogP) is 4.98. The van der Waals surface area contributed by atoms with Gasteiger partial charge < -0.3 is 5.32 Å². The number of thiophene rings is 1. The third-order valence-corrected chi connectivity index (χ3v) is 6.01. The minimum atomic E-state index is 0.694. The fraction of sp³-hybridized carbons (Fsp3) is 0.444. The topological polar surface area (TPSA) is 12.0 Å². The van der Waals surface area contributed by atoms with Gasteiger partial charge in [-0.3, -0.25) is 0 Å². The van der Waals surface area contributed by atoms with Crippen LogP contribution in [-0.4, -0.2) is 12.6 Å². The van der Waals surface area contributed by atoms with Crippen LogP contribution in [0.3, 0.4) is 0 Å². The van der Waals surface area contributed by atoms with Gasteiger partial charge in [0.1, 0.15) is 0 Å². The van der Waals surface area contributed by atoms with Crippen LogP contribution in [0.5, 0.6) is 0 Å². The Morgan fingerprint density at radius 3 is 2.81 bits per heavy atom. The summed E-state index contributed by atoms with van der Waals surface area (Å²) in [5.74, 6) is 0. The minimum absolute atomic E-state index is 0.694. The molecule has 0 amide bonds. The number of hydrogen-bond acceptors (Lipinski definition) is 2. The van der Waals surface area contributed by atoms with E-state index in [2.05, 4.69) is 57.6 Å². The van der Waals surface area contributed by atoms with Crippen molar-refractivity contribution in [2.75, 3.05) is 6.54 Å². The normalized spacial score (nSPS) is 18.2. The van der Waals surface area contributed by atoms with Crippen LogP contribution in [0, 0.1) is 0 Å². The molecule has 3 rings (SSSR count). The monoisotopic (exact) mass is 363 g/mol. The fourth-order valence-electron chi connectivity index (χ4n) is 3.08. The summed E-state index contributed by atoms with van der Waals surface area (Å²) < 4.78 is 1.29. The van der Waals surface area contributed by atoms with Crippen LogP contribution in [-0.2, 0) is 19.3 Å². The predicted molar refractivity (Wildman–Crippen MR) is 95.2 cm³/mol. The van der Waals surface area contributed by atoms with Gasteiger partial charge in [0.25, 0.3) is 0 Å². The van der Waals surface area contributed by atoms with Crippen molar-refractivity contribution in [3.8, 4) is 0 Å². The SMILES string of the molecule is Brc1cc2c(s1)CCC(NCCCc1ccccc1)CC2. The molecule has 0 spiro atoms. The van der Waals surface area contributed by atoms with Crippen molar-refractivity contribution in [2.24, 2.45) is 0 Å². The highest BCUT2D eigenvalue weighted by molar-refractivity contribution is 9.11. The maximum atomic E-state index is 3.76. The Morgan fingerprint density at radius 2 is 1.95 bits per heavy atom. The molecule has 1 nitrogen and oxygen atoms in total. The standard InChI is InChI=1S/C18H22BrNS/c19-18-13-15-8-9-16(10-11-17(15)21-18)20-12-4-7-14-5-2-1-3-6-14/h1-3,5-6,13,16,20H,4,7-12H2. The summed E-state index contributed by atoms with van der Waals surface area (Å²) in [5, 5.41) is 3.76. The molecule has 1 N–H and O–H groups in total. The van der Waals surface area contributed by atoms with Gasteiger partial charge in [0.15, 0.2) is 0 Å². The molecular formula is C18H22BrNS. The fourth-order valence-corrected chi connectivity index (χ4v) is 4.89. The van der Waals surface area contributed by atoms with E-state index in [4.69, 9.17) is 0 Å². The molecule has 0 saturated carbocycles. The molecule has 2 aromatic rings. The van der Waals surface area contributed by atoms with Gasteiger partial charge in [-0.05, 0) is 78.2 Å². The van der Waals surface area contributed by atoms with Gasteiger partial charge in [0, 0.05) is 10.9 Å². The number of hydrogen-bond donors (Lipinski definition) is 1. The van der Waals surface area contributed by atoms with Crippen LogP contribution < -0.4 is 5.32 Å². The molecule has 1 unspecified atom stereocenters. The molecule has 112 valence electrons. The van der Waals surface area contributed by atoms with E-state index in [0.717, 1.165) is 6.54 Å². The van der Waals surface area contributed by atoms with Crippen LogP contribution in [0.25, 0.3) is 0 Å². The van der Waals surface area contributed by atoms with Gasteiger partial charge in [-0.15, -0.1) is 11.3 Å². The molecule has 0 radical (unpaired) electrons. The number of benzene rings is 1. The Labute approximate surface area is 139 Å². The van der Waals surface area contributed by atoms with Gasteiger partial charge in [-0.1, -0.05) is 30.3 Å². The van der Waals surface area contributed by atoms with Crippen LogP contribution in [0.2, 0.25) is 0 Å². The second kappa shape index (κ2) is 7.57. The summed E-state index contributed by atoms with van der Waals surface area (Å²) in [7, 11) is 0. The second-order valence-corrected chi connectivity index (χ2v) is 8.33. The molecule has 0 fully saturated rings. The van der Waals surface area contributed by atoms with Gasteiger partial charge >= 0.3 is 0 Å². The molecular weight excluding hydrogens is 342 g/mol. The van der Waals surface area contributed by atoms with Gasteiger partial charge in [-0.2, -0.15) is 0 Å². The summed E-state index contributed by atoms with van der Waals surface area (Å²) in [6.45, 7) is 1.14. The summed E-state index contributed by atoms with van der Waals surface area (Å²) in [6.07, 6.45) is 7.44. The maximum Gasteiger partial charge on any atom is 0.0704 e. The lowest BCUT2D eigenvalue weighted by atomic mass is 10.1. The maximum absolute atomic E-state index is 3.76. The summed E-state index contributed by atoms with van der Waals surface area (Å²) in [6, 6.07) is 13.8. The van der Waals surface area contributed by atoms with E-state index < -0.39 is 0 Å². The van der Waals surface area contributed by atoms with Crippen molar-refractivity contribution in [3.05, 3.63) is 56.2 Å². The Morgan fingerprint density at radius 1 is 1.14 bits per heavy atom. The lowest BCUT2D eigenvalue weighted by Gasteiger charge is -2.16. The number of fused-ring (bicyclic) bond motifs is 1. The van der Waals surface area contributed by atoms with Crippen molar-refractivity contribution in [1.82, 2.24) is 5.32 Å². The lowest BCUT2D eigenvalue weighted by Crippen LogP contribution is -2.30. The Bertz CT molecular complexity index is 538. The summed E-state index contributed by atoms with van der Waals surface area (Å²) in [4.78, 5) is 1.59. The molecule has 3 heteroatoms. The van der Waals surface area contributed by atoms with E-state index in [-0.39, 0.29) is 0 Å². The first-order chi connectivity index (χ1) is 10.3. The van der Waals surface area contributed by atoms with E-state index in [1.54, 1.807) is 10.4 Å². The van der Waals surface area contributed by atoms with E-state index in [0.29, 0.717) is 6.04 Å². The second-order valence-electron chi connectivity index (χ2n) is 5.82.